The van der Waals surface area contributed by atoms with Crippen LogP contribution >= 0.6 is 11.6 Å². The average molecular weight is 243 g/mol. The third-order valence-electron chi connectivity index (χ3n) is 2.43. The third-order valence-corrected chi connectivity index (χ3v) is 2.69. The molecule has 0 saturated carbocycles. The van der Waals surface area contributed by atoms with Crippen LogP contribution < -0.4 is 4.74 Å². The molecule has 0 fully saturated rings. The number of carbonyl (C=O) groups is 1. The first-order chi connectivity index (χ1) is 7.49. The van der Waals surface area contributed by atoms with Gasteiger partial charge >= 0.3 is 5.97 Å². The SMILES string of the molecule is CC(CC(=O)O)C(C)Oc1ccc(Cl)cc1. The van der Waals surface area contributed by atoms with Gasteiger partial charge in [-0.3, -0.25) is 4.79 Å². The van der Waals surface area contributed by atoms with Crippen LogP contribution in [0, 0.1) is 5.92 Å². The van der Waals surface area contributed by atoms with Gasteiger partial charge in [0.25, 0.3) is 0 Å². The van der Waals surface area contributed by atoms with Gasteiger partial charge in [0.05, 0.1) is 12.5 Å². The van der Waals surface area contributed by atoms with Crippen molar-refractivity contribution in [2.45, 2.75) is 26.4 Å². The molecule has 0 aliphatic carbocycles. The highest BCUT2D eigenvalue weighted by molar-refractivity contribution is 6.30. The number of carboxylic acid groups (broad SMARTS) is 1. The van der Waals surface area contributed by atoms with E-state index in [2.05, 4.69) is 0 Å². The standard InChI is InChI=1S/C12H15ClO3/c1-8(7-12(14)15)9(2)16-11-5-3-10(13)4-6-11/h3-6,8-9H,7H2,1-2H3,(H,14,15). The van der Waals surface area contributed by atoms with Gasteiger partial charge in [0.15, 0.2) is 0 Å². The number of hydrogen-bond acceptors (Lipinski definition) is 2. The van der Waals surface area contributed by atoms with Crippen LogP contribution in [0.25, 0.3) is 0 Å². The van der Waals surface area contributed by atoms with Gasteiger partial charge in [-0.25, -0.2) is 0 Å². The molecule has 1 N–H and O–H groups in total. The fourth-order valence-corrected chi connectivity index (χ4v) is 1.41. The Balaban J connectivity index is 2.53. The van der Waals surface area contributed by atoms with E-state index in [1.54, 1.807) is 24.3 Å². The molecule has 16 heavy (non-hydrogen) atoms. The summed E-state index contributed by atoms with van der Waals surface area (Å²) in [6.07, 6.45) is -0.0355. The molecule has 2 atom stereocenters. The van der Waals surface area contributed by atoms with E-state index in [1.807, 2.05) is 13.8 Å². The second-order valence-corrected chi connectivity index (χ2v) is 4.29. The maximum absolute atomic E-state index is 10.5. The van der Waals surface area contributed by atoms with Crippen molar-refractivity contribution in [1.82, 2.24) is 0 Å². The largest absolute Gasteiger partial charge is 0.490 e. The fraction of sp³-hybridized carbons (Fsp3) is 0.417. The first kappa shape index (κ1) is 12.8. The molecule has 3 nitrogen and oxygen atoms in total. The Bertz CT molecular complexity index is 348. The maximum Gasteiger partial charge on any atom is 0.303 e. The number of carboxylic acids is 1. The summed E-state index contributed by atoms with van der Waals surface area (Å²) in [5.41, 5.74) is 0. The molecule has 4 heteroatoms. The molecule has 0 saturated heterocycles. The molecule has 0 amide bonds. The maximum atomic E-state index is 10.5. The number of hydrogen-bond donors (Lipinski definition) is 1. The Morgan fingerprint density at radius 2 is 1.94 bits per heavy atom. The highest BCUT2D eigenvalue weighted by Gasteiger charge is 2.16. The zero-order valence-corrected chi connectivity index (χ0v) is 10.1. The summed E-state index contributed by atoms with van der Waals surface area (Å²) in [7, 11) is 0. The molecule has 0 heterocycles. The quantitative estimate of drug-likeness (QED) is 0.862. The summed E-state index contributed by atoms with van der Waals surface area (Å²) >= 11 is 5.75. The van der Waals surface area contributed by atoms with Crippen molar-refractivity contribution in [3.8, 4) is 5.75 Å². The van der Waals surface area contributed by atoms with Gasteiger partial charge in [-0.05, 0) is 31.2 Å². The summed E-state index contributed by atoms with van der Waals surface area (Å²) in [4.78, 5) is 10.5. The Kier molecular flexibility index (Phi) is 4.62. The third kappa shape index (κ3) is 4.11. The average Bonchev–Trinajstić information content (AvgIpc) is 2.20. The highest BCUT2D eigenvalue weighted by Crippen LogP contribution is 2.20. The van der Waals surface area contributed by atoms with Crippen LogP contribution in [0.5, 0.6) is 5.75 Å². The summed E-state index contributed by atoms with van der Waals surface area (Å²) in [5.74, 6) is -0.138. The number of halogens is 1. The van der Waals surface area contributed by atoms with E-state index in [9.17, 15) is 4.79 Å². The summed E-state index contributed by atoms with van der Waals surface area (Å²) in [6, 6.07) is 7.02. The van der Waals surface area contributed by atoms with Crippen LogP contribution in [0.15, 0.2) is 24.3 Å². The van der Waals surface area contributed by atoms with Gasteiger partial charge in [-0.2, -0.15) is 0 Å². The molecule has 0 radical (unpaired) electrons. The van der Waals surface area contributed by atoms with Crippen LogP contribution in [0.3, 0.4) is 0 Å². The minimum Gasteiger partial charge on any atom is -0.490 e. The summed E-state index contributed by atoms with van der Waals surface area (Å²) < 4.78 is 5.61. The lowest BCUT2D eigenvalue weighted by molar-refractivity contribution is -0.138. The fourth-order valence-electron chi connectivity index (χ4n) is 1.29. The highest BCUT2D eigenvalue weighted by atomic mass is 35.5. The van der Waals surface area contributed by atoms with Gasteiger partial charge < -0.3 is 9.84 Å². The van der Waals surface area contributed by atoms with Gasteiger partial charge in [0.1, 0.15) is 5.75 Å². The van der Waals surface area contributed by atoms with Gasteiger partial charge in [0.2, 0.25) is 0 Å². The molecule has 1 rings (SSSR count). The number of rotatable bonds is 5. The van der Waals surface area contributed by atoms with E-state index in [0.717, 1.165) is 0 Å². The predicted molar refractivity (Wildman–Crippen MR) is 63.0 cm³/mol. The Labute approximate surface area is 100.0 Å². The van der Waals surface area contributed by atoms with Crippen LogP contribution in [0.2, 0.25) is 5.02 Å². The molecule has 0 spiro atoms. The second kappa shape index (κ2) is 5.75. The van der Waals surface area contributed by atoms with E-state index >= 15 is 0 Å². The molecule has 0 bridgehead atoms. The molecule has 1 aromatic rings. The first-order valence-electron chi connectivity index (χ1n) is 5.13. The monoisotopic (exact) mass is 242 g/mol. The lowest BCUT2D eigenvalue weighted by Crippen LogP contribution is -2.23. The minimum atomic E-state index is -0.806. The second-order valence-electron chi connectivity index (χ2n) is 3.85. The number of ether oxygens (including phenoxy) is 1. The van der Waals surface area contributed by atoms with E-state index < -0.39 is 5.97 Å². The van der Waals surface area contributed by atoms with Crippen LogP contribution in [-0.4, -0.2) is 17.2 Å². The molecule has 1 aromatic carbocycles. The number of benzene rings is 1. The number of aliphatic carboxylic acids is 1. The minimum absolute atomic E-state index is 0.0341. The lowest BCUT2D eigenvalue weighted by Gasteiger charge is -2.20. The van der Waals surface area contributed by atoms with E-state index in [4.69, 9.17) is 21.4 Å². The molecule has 2 unspecified atom stereocenters. The van der Waals surface area contributed by atoms with Gasteiger partial charge in [-0.1, -0.05) is 18.5 Å². The topological polar surface area (TPSA) is 46.5 Å². The van der Waals surface area contributed by atoms with Crippen molar-refractivity contribution in [3.63, 3.8) is 0 Å². The Hall–Kier alpha value is -1.22. The van der Waals surface area contributed by atoms with E-state index in [0.29, 0.717) is 10.8 Å². The smallest absolute Gasteiger partial charge is 0.303 e. The van der Waals surface area contributed by atoms with Crippen molar-refractivity contribution in [2.75, 3.05) is 0 Å². The van der Waals surface area contributed by atoms with Crippen molar-refractivity contribution in [3.05, 3.63) is 29.3 Å². The van der Waals surface area contributed by atoms with Crippen LogP contribution in [0.1, 0.15) is 20.3 Å². The van der Waals surface area contributed by atoms with Crippen molar-refractivity contribution >= 4 is 17.6 Å². The summed E-state index contributed by atoms with van der Waals surface area (Å²) in [6.45, 7) is 3.72. The summed E-state index contributed by atoms with van der Waals surface area (Å²) in [5, 5.41) is 9.31. The van der Waals surface area contributed by atoms with Crippen molar-refractivity contribution < 1.29 is 14.6 Å². The van der Waals surface area contributed by atoms with Gasteiger partial charge in [0, 0.05) is 10.9 Å². The Morgan fingerprint density at radius 1 is 1.38 bits per heavy atom. The van der Waals surface area contributed by atoms with Gasteiger partial charge in [-0.15, -0.1) is 0 Å². The molecule has 88 valence electrons. The molecular formula is C12H15ClO3. The normalized spacial score (nSPS) is 14.2. The Morgan fingerprint density at radius 3 is 2.44 bits per heavy atom. The predicted octanol–water partition coefficient (Wildman–Crippen LogP) is 3.22. The van der Waals surface area contributed by atoms with Crippen molar-refractivity contribution in [2.24, 2.45) is 5.92 Å². The van der Waals surface area contributed by atoms with Crippen LogP contribution in [-0.2, 0) is 4.79 Å². The van der Waals surface area contributed by atoms with Crippen molar-refractivity contribution in [1.29, 1.82) is 0 Å². The zero-order valence-electron chi connectivity index (χ0n) is 9.31. The zero-order chi connectivity index (χ0) is 12.1. The molecule has 0 aliphatic rings. The van der Waals surface area contributed by atoms with Crippen LogP contribution in [0.4, 0.5) is 0 Å². The molecular weight excluding hydrogens is 228 g/mol. The molecule has 0 aromatic heterocycles. The van der Waals surface area contributed by atoms with E-state index in [-0.39, 0.29) is 18.4 Å². The first-order valence-corrected chi connectivity index (χ1v) is 5.51. The molecule has 0 aliphatic heterocycles. The lowest BCUT2D eigenvalue weighted by atomic mass is 10.0. The van der Waals surface area contributed by atoms with E-state index in [1.165, 1.54) is 0 Å².